The lowest BCUT2D eigenvalue weighted by Crippen LogP contribution is -2.36. The van der Waals surface area contributed by atoms with E-state index in [4.69, 9.17) is 5.21 Å². The van der Waals surface area contributed by atoms with Crippen molar-refractivity contribution < 1.29 is 23.2 Å². The zero-order valence-corrected chi connectivity index (χ0v) is 7.47. The van der Waals surface area contributed by atoms with Crippen LogP contribution < -0.4 is 5.48 Å². The predicted molar refractivity (Wildman–Crippen MR) is 41.4 cm³/mol. The third-order valence-electron chi connectivity index (χ3n) is 2.62. The highest BCUT2D eigenvalue weighted by Crippen LogP contribution is 2.39. The van der Waals surface area contributed by atoms with Crippen LogP contribution in [0.3, 0.4) is 0 Å². The average molecular weight is 211 g/mol. The van der Waals surface area contributed by atoms with E-state index in [9.17, 15) is 18.0 Å². The number of carbonyl (C=O) groups is 1. The Morgan fingerprint density at radius 1 is 1.36 bits per heavy atom. The van der Waals surface area contributed by atoms with E-state index < -0.39 is 23.9 Å². The summed E-state index contributed by atoms with van der Waals surface area (Å²) in [4.78, 5) is 10.9. The number of nitrogens with one attached hydrogen (secondary N) is 1. The van der Waals surface area contributed by atoms with E-state index in [2.05, 4.69) is 0 Å². The molecule has 0 radical (unpaired) electrons. The van der Waals surface area contributed by atoms with Crippen LogP contribution in [0, 0.1) is 11.8 Å². The topological polar surface area (TPSA) is 49.3 Å². The minimum absolute atomic E-state index is 0.0821. The van der Waals surface area contributed by atoms with E-state index in [0.29, 0.717) is 12.8 Å². The van der Waals surface area contributed by atoms with Crippen LogP contribution in [0.15, 0.2) is 0 Å². The van der Waals surface area contributed by atoms with Gasteiger partial charge in [0.05, 0.1) is 5.92 Å². The van der Waals surface area contributed by atoms with Crippen molar-refractivity contribution in [3.05, 3.63) is 0 Å². The summed E-state index contributed by atoms with van der Waals surface area (Å²) in [5, 5.41) is 8.30. The second-order valence-electron chi connectivity index (χ2n) is 3.58. The molecule has 0 aromatic heterocycles. The summed E-state index contributed by atoms with van der Waals surface area (Å²) in [5.41, 5.74) is 1.40. The molecule has 0 aromatic rings. The Hall–Kier alpha value is -0.780. The molecule has 1 fully saturated rings. The summed E-state index contributed by atoms with van der Waals surface area (Å²) in [6, 6.07) is 0. The van der Waals surface area contributed by atoms with Gasteiger partial charge in [-0.3, -0.25) is 10.0 Å². The number of alkyl halides is 3. The fourth-order valence-electron chi connectivity index (χ4n) is 1.82. The molecular weight excluding hydrogens is 199 g/mol. The molecule has 0 spiro atoms. The first-order valence-corrected chi connectivity index (χ1v) is 4.46. The first-order valence-electron chi connectivity index (χ1n) is 4.46. The van der Waals surface area contributed by atoms with Crippen LogP contribution in [-0.4, -0.2) is 17.3 Å². The molecule has 1 aliphatic carbocycles. The van der Waals surface area contributed by atoms with Gasteiger partial charge in [0.1, 0.15) is 0 Å². The Morgan fingerprint density at radius 2 is 2.00 bits per heavy atom. The largest absolute Gasteiger partial charge is 0.391 e. The van der Waals surface area contributed by atoms with Gasteiger partial charge in [0.15, 0.2) is 0 Å². The number of carbonyl (C=O) groups excluding carboxylic acids is 1. The van der Waals surface area contributed by atoms with Gasteiger partial charge in [-0.25, -0.2) is 5.48 Å². The molecule has 1 rings (SSSR count). The molecule has 1 aliphatic rings. The summed E-state index contributed by atoms with van der Waals surface area (Å²) in [5.74, 6) is -2.82. The quantitative estimate of drug-likeness (QED) is 0.513. The molecule has 1 saturated carbocycles. The van der Waals surface area contributed by atoms with Gasteiger partial charge in [0.25, 0.3) is 0 Å². The molecule has 0 bridgehead atoms. The van der Waals surface area contributed by atoms with Crippen LogP contribution in [0.1, 0.15) is 25.7 Å². The second-order valence-corrected chi connectivity index (χ2v) is 3.58. The van der Waals surface area contributed by atoms with Crippen LogP contribution in [0.5, 0.6) is 0 Å². The molecule has 1 amide bonds. The van der Waals surface area contributed by atoms with Crippen molar-refractivity contribution >= 4 is 5.91 Å². The molecule has 2 atom stereocenters. The zero-order valence-electron chi connectivity index (χ0n) is 7.47. The number of hydroxylamine groups is 1. The normalized spacial score (nSPS) is 28.6. The van der Waals surface area contributed by atoms with E-state index in [-0.39, 0.29) is 12.8 Å². The molecule has 0 aromatic carbocycles. The third kappa shape index (κ3) is 2.60. The highest BCUT2D eigenvalue weighted by Gasteiger charge is 2.43. The summed E-state index contributed by atoms with van der Waals surface area (Å²) < 4.78 is 36.9. The van der Waals surface area contributed by atoms with Gasteiger partial charge in [-0.15, -0.1) is 0 Å². The van der Waals surface area contributed by atoms with E-state index in [1.807, 2.05) is 0 Å². The summed E-state index contributed by atoms with van der Waals surface area (Å²) >= 11 is 0. The van der Waals surface area contributed by atoms with Crippen molar-refractivity contribution in [2.45, 2.75) is 31.9 Å². The van der Waals surface area contributed by atoms with Crippen molar-refractivity contribution in [1.29, 1.82) is 0 Å². The van der Waals surface area contributed by atoms with E-state index in [1.165, 1.54) is 5.48 Å². The third-order valence-corrected chi connectivity index (χ3v) is 2.62. The lowest BCUT2D eigenvalue weighted by Gasteiger charge is -2.29. The van der Waals surface area contributed by atoms with Gasteiger partial charge in [-0.1, -0.05) is 6.42 Å². The van der Waals surface area contributed by atoms with E-state index in [0.717, 1.165) is 0 Å². The van der Waals surface area contributed by atoms with Gasteiger partial charge in [0.2, 0.25) is 5.91 Å². The molecule has 2 unspecified atom stereocenters. The van der Waals surface area contributed by atoms with Gasteiger partial charge in [-0.2, -0.15) is 13.2 Å². The number of hydrogen-bond donors (Lipinski definition) is 2. The molecule has 14 heavy (non-hydrogen) atoms. The number of hydrogen-bond acceptors (Lipinski definition) is 2. The van der Waals surface area contributed by atoms with Crippen LogP contribution >= 0.6 is 0 Å². The van der Waals surface area contributed by atoms with Crippen molar-refractivity contribution in [3.8, 4) is 0 Å². The minimum atomic E-state index is -4.23. The highest BCUT2D eigenvalue weighted by atomic mass is 19.4. The molecule has 82 valence electrons. The first-order chi connectivity index (χ1) is 6.45. The van der Waals surface area contributed by atoms with Crippen molar-refractivity contribution in [3.63, 3.8) is 0 Å². The fourth-order valence-corrected chi connectivity index (χ4v) is 1.82. The molecule has 3 nitrogen and oxygen atoms in total. The number of rotatable bonds is 1. The van der Waals surface area contributed by atoms with E-state index in [1.54, 1.807) is 0 Å². The van der Waals surface area contributed by atoms with Crippen LogP contribution in [0.25, 0.3) is 0 Å². The first kappa shape index (κ1) is 11.3. The lowest BCUT2D eigenvalue weighted by molar-refractivity contribution is -0.187. The monoisotopic (exact) mass is 211 g/mol. The Kier molecular flexibility index (Phi) is 3.36. The predicted octanol–water partition coefficient (Wildman–Crippen LogP) is 1.86. The summed E-state index contributed by atoms with van der Waals surface area (Å²) in [6.07, 6.45) is -3.57. The Bertz CT molecular complexity index is 217. The second kappa shape index (κ2) is 4.16. The van der Waals surface area contributed by atoms with Crippen molar-refractivity contribution in [2.75, 3.05) is 0 Å². The smallest absolute Gasteiger partial charge is 0.289 e. The van der Waals surface area contributed by atoms with Crippen molar-refractivity contribution in [2.24, 2.45) is 11.8 Å². The van der Waals surface area contributed by atoms with Gasteiger partial charge < -0.3 is 0 Å². The molecule has 2 N–H and O–H groups in total. The van der Waals surface area contributed by atoms with Crippen LogP contribution in [0.4, 0.5) is 13.2 Å². The minimum Gasteiger partial charge on any atom is -0.289 e. The van der Waals surface area contributed by atoms with Gasteiger partial charge in [-0.05, 0) is 19.3 Å². The SMILES string of the molecule is O=C(NO)C1CCCC(C(F)(F)F)C1. The molecule has 0 heterocycles. The molecular formula is C8H12F3NO2. The Labute approximate surface area is 79.2 Å². The molecule has 0 saturated heterocycles. The average Bonchev–Trinajstić information content (AvgIpc) is 2.15. The highest BCUT2D eigenvalue weighted by molar-refractivity contribution is 5.77. The van der Waals surface area contributed by atoms with Gasteiger partial charge in [0, 0.05) is 5.92 Å². The standard InChI is InChI=1S/C8H12F3NO2/c9-8(10,11)6-3-1-2-5(4-6)7(13)12-14/h5-6,14H,1-4H2,(H,12,13). The van der Waals surface area contributed by atoms with Crippen LogP contribution in [-0.2, 0) is 4.79 Å². The summed E-state index contributed by atoms with van der Waals surface area (Å²) in [7, 11) is 0. The summed E-state index contributed by atoms with van der Waals surface area (Å²) in [6.45, 7) is 0. The Morgan fingerprint density at radius 3 is 2.50 bits per heavy atom. The van der Waals surface area contributed by atoms with Crippen molar-refractivity contribution in [1.82, 2.24) is 5.48 Å². The lowest BCUT2D eigenvalue weighted by atomic mass is 9.81. The fraction of sp³-hybridized carbons (Fsp3) is 0.875. The maximum absolute atomic E-state index is 12.3. The number of amides is 1. The maximum Gasteiger partial charge on any atom is 0.391 e. The van der Waals surface area contributed by atoms with Crippen LogP contribution in [0.2, 0.25) is 0 Å². The zero-order chi connectivity index (χ0) is 10.8. The van der Waals surface area contributed by atoms with Gasteiger partial charge >= 0.3 is 6.18 Å². The maximum atomic E-state index is 12.3. The molecule has 6 heteroatoms. The Balaban J connectivity index is 2.56. The molecule has 0 aliphatic heterocycles. The van der Waals surface area contributed by atoms with E-state index >= 15 is 0 Å². The number of halogens is 3.